The summed E-state index contributed by atoms with van der Waals surface area (Å²) in [5.74, 6) is 0.805. The highest BCUT2D eigenvalue weighted by Gasteiger charge is 2.25. The average molecular weight is 211 g/mol. The van der Waals surface area contributed by atoms with E-state index in [1.165, 1.54) is 6.26 Å². The second kappa shape index (κ2) is 4.84. The maximum atomic E-state index is 10.0. The predicted molar refractivity (Wildman–Crippen MR) is 58.4 cm³/mol. The van der Waals surface area contributed by atoms with Gasteiger partial charge in [0.15, 0.2) is 5.96 Å². The van der Waals surface area contributed by atoms with E-state index < -0.39 is 5.60 Å². The molecule has 0 bridgehead atoms. The van der Waals surface area contributed by atoms with Gasteiger partial charge in [-0.25, -0.2) is 4.99 Å². The Bertz CT molecular complexity index is 317. The molecular weight excluding hydrogens is 194 g/mol. The Morgan fingerprint density at radius 1 is 1.73 bits per heavy atom. The standard InChI is InChI=1S/C10H17N3O2/c1-3-12-9(11)13-7-10(2,14)8-5-4-6-15-8/h4-6,14H,3,7H2,1-2H3,(H3,11,12,13). The van der Waals surface area contributed by atoms with Crippen molar-refractivity contribution in [3.05, 3.63) is 24.2 Å². The number of hydrogen-bond donors (Lipinski definition) is 3. The van der Waals surface area contributed by atoms with Crippen molar-refractivity contribution >= 4 is 5.96 Å². The highest BCUT2D eigenvalue weighted by Crippen LogP contribution is 2.20. The number of hydrogen-bond acceptors (Lipinski definition) is 3. The van der Waals surface area contributed by atoms with Crippen molar-refractivity contribution in [1.29, 1.82) is 0 Å². The van der Waals surface area contributed by atoms with Gasteiger partial charge in [0.25, 0.3) is 0 Å². The molecule has 0 saturated carbocycles. The lowest BCUT2D eigenvalue weighted by molar-refractivity contribution is 0.0437. The number of nitrogens with two attached hydrogens (primary N) is 1. The average Bonchev–Trinajstić information content (AvgIpc) is 2.69. The molecule has 0 aliphatic rings. The molecule has 0 aliphatic carbocycles. The van der Waals surface area contributed by atoms with E-state index in [1.54, 1.807) is 19.1 Å². The van der Waals surface area contributed by atoms with Crippen LogP contribution in [0.5, 0.6) is 0 Å². The summed E-state index contributed by atoms with van der Waals surface area (Å²) in [7, 11) is 0. The summed E-state index contributed by atoms with van der Waals surface area (Å²) in [6, 6.07) is 3.43. The third-order valence-corrected chi connectivity index (χ3v) is 1.97. The van der Waals surface area contributed by atoms with E-state index in [2.05, 4.69) is 10.3 Å². The number of aliphatic hydroxyl groups is 1. The minimum atomic E-state index is -1.12. The van der Waals surface area contributed by atoms with Crippen LogP contribution >= 0.6 is 0 Å². The quantitative estimate of drug-likeness (QED) is 0.497. The minimum absolute atomic E-state index is 0.166. The summed E-state index contributed by atoms with van der Waals surface area (Å²) in [5, 5.41) is 12.9. The minimum Gasteiger partial charge on any atom is -0.466 e. The number of rotatable bonds is 4. The zero-order valence-corrected chi connectivity index (χ0v) is 9.03. The first kappa shape index (κ1) is 11.6. The monoisotopic (exact) mass is 211 g/mol. The number of nitrogens with one attached hydrogen (secondary N) is 1. The summed E-state index contributed by atoms with van der Waals surface area (Å²) in [6.45, 7) is 4.43. The van der Waals surface area contributed by atoms with Gasteiger partial charge < -0.3 is 20.6 Å². The van der Waals surface area contributed by atoms with Crippen LogP contribution < -0.4 is 11.1 Å². The van der Waals surface area contributed by atoms with Crippen LogP contribution in [0.15, 0.2) is 27.8 Å². The molecule has 1 unspecified atom stereocenters. The smallest absolute Gasteiger partial charge is 0.188 e. The summed E-state index contributed by atoms with van der Waals surface area (Å²) in [4.78, 5) is 4.01. The Morgan fingerprint density at radius 3 is 3.00 bits per heavy atom. The highest BCUT2D eigenvalue weighted by atomic mass is 16.4. The molecule has 0 aliphatic heterocycles. The van der Waals surface area contributed by atoms with Crippen molar-refractivity contribution in [2.75, 3.05) is 13.1 Å². The van der Waals surface area contributed by atoms with Crippen LogP contribution in [0, 0.1) is 0 Å². The first-order valence-electron chi connectivity index (χ1n) is 4.86. The Balaban J connectivity index is 2.61. The van der Waals surface area contributed by atoms with Crippen LogP contribution in [0.2, 0.25) is 0 Å². The Morgan fingerprint density at radius 2 is 2.47 bits per heavy atom. The summed E-state index contributed by atoms with van der Waals surface area (Å²) in [5.41, 5.74) is 4.42. The molecular formula is C10H17N3O2. The van der Waals surface area contributed by atoms with Crippen LogP contribution in [0.25, 0.3) is 0 Å². The number of furan rings is 1. The fourth-order valence-electron chi connectivity index (χ4n) is 1.14. The molecule has 1 atom stereocenters. The Kier molecular flexibility index (Phi) is 3.74. The Labute approximate surface area is 89.0 Å². The summed E-state index contributed by atoms with van der Waals surface area (Å²) < 4.78 is 5.11. The predicted octanol–water partition coefficient (Wildman–Crippen LogP) is 0.411. The van der Waals surface area contributed by atoms with Gasteiger partial charge in [0.2, 0.25) is 0 Å². The van der Waals surface area contributed by atoms with Crippen molar-refractivity contribution in [2.24, 2.45) is 10.7 Å². The topological polar surface area (TPSA) is 83.8 Å². The molecule has 1 heterocycles. The lowest BCUT2D eigenvalue weighted by atomic mass is 10.0. The lowest BCUT2D eigenvalue weighted by Crippen LogP contribution is -2.34. The second-order valence-electron chi connectivity index (χ2n) is 3.48. The van der Waals surface area contributed by atoms with E-state index in [-0.39, 0.29) is 6.54 Å². The van der Waals surface area contributed by atoms with Crippen molar-refractivity contribution < 1.29 is 9.52 Å². The highest BCUT2D eigenvalue weighted by molar-refractivity contribution is 5.77. The third-order valence-electron chi connectivity index (χ3n) is 1.97. The first-order chi connectivity index (χ1) is 7.06. The lowest BCUT2D eigenvalue weighted by Gasteiger charge is -2.18. The van der Waals surface area contributed by atoms with Gasteiger partial charge >= 0.3 is 0 Å². The first-order valence-corrected chi connectivity index (χ1v) is 4.86. The van der Waals surface area contributed by atoms with Crippen LogP contribution in [0.1, 0.15) is 19.6 Å². The van der Waals surface area contributed by atoms with E-state index in [4.69, 9.17) is 10.2 Å². The van der Waals surface area contributed by atoms with Gasteiger partial charge in [-0.15, -0.1) is 0 Å². The number of aliphatic imine (C=N–C) groups is 1. The molecule has 1 rings (SSSR count). The van der Waals surface area contributed by atoms with Crippen LogP contribution in [-0.2, 0) is 5.60 Å². The van der Waals surface area contributed by atoms with Crippen LogP contribution in [-0.4, -0.2) is 24.2 Å². The van der Waals surface area contributed by atoms with Crippen LogP contribution in [0.3, 0.4) is 0 Å². The number of nitrogens with zero attached hydrogens (tertiary/aromatic N) is 1. The summed E-state index contributed by atoms with van der Waals surface area (Å²) >= 11 is 0. The molecule has 0 aromatic carbocycles. The van der Waals surface area contributed by atoms with Crippen LogP contribution in [0.4, 0.5) is 0 Å². The third kappa shape index (κ3) is 3.28. The zero-order chi connectivity index (χ0) is 11.3. The van der Waals surface area contributed by atoms with Crippen molar-refractivity contribution in [1.82, 2.24) is 5.32 Å². The molecule has 0 fully saturated rings. The van der Waals surface area contributed by atoms with Gasteiger partial charge in [0.05, 0.1) is 12.8 Å². The van der Waals surface area contributed by atoms with Gasteiger partial charge in [-0.3, -0.25) is 0 Å². The van der Waals surface area contributed by atoms with Crippen molar-refractivity contribution in [3.8, 4) is 0 Å². The van der Waals surface area contributed by atoms with Gasteiger partial charge in [-0.05, 0) is 26.0 Å². The largest absolute Gasteiger partial charge is 0.466 e. The summed E-state index contributed by atoms with van der Waals surface area (Å²) in [6.07, 6.45) is 1.52. The molecule has 0 spiro atoms. The molecule has 1 aromatic heterocycles. The van der Waals surface area contributed by atoms with E-state index in [0.29, 0.717) is 18.3 Å². The zero-order valence-electron chi connectivity index (χ0n) is 9.03. The number of guanidine groups is 1. The molecule has 0 saturated heterocycles. The normalized spacial score (nSPS) is 16.1. The molecule has 15 heavy (non-hydrogen) atoms. The fraction of sp³-hybridized carbons (Fsp3) is 0.500. The molecule has 4 N–H and O–H groups in total. The van der Waals surface area contributed by atoms with E-state index in [0.717, 1.165) is 0 Å². The molecule has 84 valence electrons. The molecule has 5 heteroatoms. The molecule has 0 amide bonds. The van der Waals surface area contributed by atoms with E-state index in [9.17, 15) is 5.11 Å². The van der Waals surface area contributed by atoms with Gasteiger partial charge in [-0.1, -0.05) is 0 Å². The SMILES string of the molecule is CCNC(N)=NCC(C)(O)c1ccco1. The second-order valence-corrected chi connectivity index (χ2v) is 3.48. The van der Waals surface area contributed by atoms with Crippen molar-refractivity contribution in [3.63, 3.8) is 0 Å². The molecule has 5 nitrogen and oxygen atoms in total. The maximum absolute atomic E-state index is 10.0. The molecule has 1 aromatic rings. The van der Waals surface area contributed by atoms with E-state index in [1.807, 2.05) is 6.92 Å². The van der Waals surface area contributed by atoms with Gasteiger partial charge in [0, 0.05) is 6.54 Å². The van der Waals surface area contributed by atoms with Crippen molar-refractivity contribution in [2.45, 2.75) is 19.4 Å². The Hall–Kier alpha value is -1.49. The maximum Gasteiger partial charge on any atom is 0.188 e. The van der Waals surface area contributed by atoms with Gasteiger partial charge in [-0.2, -0.15) is 0 Å². The van der Waals surface area contributed by atoms with Gasteiger partial charge in [0.1, 0.15) is 11.4 Å². The fourth-order valence-corrected chi connectivity index (χ4v) is 1.14. The van der Waals surface area contributed by atoms with E-state index >= 15 is 0 Å². The molecule has 0 radical (unpaired) electrons.